The van der Waals surface area contributed by atoms with Gasteiger partial charge in [-0.1, -0.05) is 66.7 Å². The molecule has 4 heteroatoms. The molecule has 1 aliphatic carbocycles. The summed E-state index contributed by atoms with van der Waals surface area (Å²) in [6.07, 6.45) is 1.28. The Morgan fingerprint density at radius 1 is 0.793 bits per heavy atom. The molecule has 0 amide bonds. The van der Waals surface area contributed by atoms with E-state index in [1.807, 2.05) is 83.5 Å². The standard InChI is InChI=1S/C25H21N3O/c29-23-17-19(18-10-4-1-5-11-18)16-22-24(23)25(26-20-12-6-2-7-13-20)27-28(22)21-14-8-3-9-15-21/h1-15,19H,16-17H2,(H,26,27)/t19-/m1/s1. The van der Waals surface area contributed by atoms with Crippen LogP contribution in [0.15, 0.2) is 91.0 Å². The van der Waals surface area contributed by atoms with E-state index in [2.05, 4.69) is 17.4 Å². The van der Waals surface area contributed by atoms with Gasteiger partial charge in [-0.2, -0.15) is 0 Å². The highest BCUT2D eigenvalue weighted by molar-refractivity contribution is 6.03. The van der Waals surface area contributed by atoms with Gasteiger partial charge in [0.05, 0.1) is 16.9 Å². The van der Waals surface area contributed by atoms with Crippen LogP contribution in [-0.2, 0) is 6.42 Å². The van der Waals surface area contributed by atoms with Crippen molar-refractivity contribution in [2.24, 2.45) is 0 Å². The largest absolute Gasteiger partial charge is 0.338 e. The van der Waals surface area contributed by atoms with Gasteiger partial charge in [-0.15, -0.1) is 5.10 Å². The third kappa shape index (κ3) is 3.34. The van der Waals surface area contributed by atoms with E-state index < -0.39 is 0 Å². The van der Waals surface area contributed by atoms with Gasteiger partial charge in [0.2, 0.25) is 0 Å². The molecule has 4 nitrogen and oxygen atoms in total. The molecule has 1 heterocycles. The molecule has 4 aromatic rings. The second kappa shape index (κ2) is 7.40. The molecule has 0 aliphatic heterocycles. The minimum Gasteiger partial charge on any atom is -0.338 e. The first kappa shape index (κ1) is 17.4. The number of nitrogens with one attached hydrogen (secondary N) is 1. The lowest BCUT2D eigenvalue weighted by Crippen LogP contribution is -2.20. The number of carbonyl (C=O) groups excluding carboxylic acids is 1. The summed E-state index contributed by atoms with van der Waals surface area (Å²) in [6, 6.07) is 30.2. The van der Waals surface area contributed by atoms with Crippen molar-refractivity contribution < 1.29 is 4.79 Å². The van der Waals surface area contributed by atoms with Crippen molar-refractivity contribution in [1.29, 1.82) is 0 Å². The maximum absolute atomic E-state index is 13.2. The lowest BCUT2D eigenvalue weighted by atomic mass is 9.82. The zero-order valence-electron chi connectivity index (χ0n) is 16.0. The van der Waals surface area contributed by atoms with Crippen molar-refractivity contribution in [1.82, 2.24) is 9.78 Å². The molecule has 142 valence electrons. The molecule has 0 fully saturated rings. The minimum absolute atomic E-state index is 0.140. The summed E-state index contributed by atoms with van der Waals surface area (Å²) in [5.74, 6) is 0.937. The van der Waals surface area contributed by atoms with E-state index in [0.717, 1.165) is 23.5 Å². The summed E-state index contributed by atoms with van der Waals surface area (Å²) < 4.78 is 1.92. The van der Waals surface area contributed by atoms with Gasteiger partial charge in [0.1, 0.15) is 0 Å². The first-order valence-corrected chi connectivity index (χ1v) is 9.87. The maximum atomic E-state index is 13.2. The number of para-hydroxylation sites is 2. The lowest BCUT2D eigenvalue weighted by molar-refractivity contribution is 0.0964. The Kier molecular flexibility index (Phi) is 4.45. The highest BCUT2D eigenvalue weighted by Gasteiger charge is 2.33. The first-order valence-electron chi connectivity index (χ1n) is 9.87. The molecule has 0 unspecified atom stereocenters. The molecule has 0 saturated heterocycles. The Morgan fingerprint density at radius 2 is 1.41 bits per heavy atom. The number of nitrogens with zero attached hydrogens (tertiary/aromatic N) is 2. The van der Waals surface area contributed by atoms with Crippen LogP contribution in [0.2, 0.25) is 0 Å². The maximum Gasteiger partial charge on any atom is 0.169 e. The second-order valence-corrected chi connectivity index (χ2v) is 7.35. The highest BCUT2D eigenvalue weighted by Crippen LogP contribution is 2.37. The average molecular weight is 379 g/mol. The SMILES string of the molecule is O=C1C[C@H](c2ccccc2)Cc2c1c(Nc1ccccc1)nn2-c1ccccc1. The van der Waals surface area contributed by atoms with Gasteiger partial charge in [-0.25, -0.2) is 4.68 Å². The van der Waals surface area contributed by atoms with E-state index in [1.165, 1.54) is 5.56 Å². The van der Waals surface area contributed by atoms with Crippen molar-refractivity contribution >= 4 is 17.3 Å². The number of anilines is 2. The topological polar surface area (TPSA) is 46.9 Å². The monoisotopic (exact) mass is 379 g/mol. The lowest BCUT2D eigenvalue weighted by Gasteiger charge is -2.23. The van der Waals surface area contributed by atoms with E-state index in [-0.39, 0.29) is 11.7 Å². The number of aromatic nitrogens is 2. The average Bonchev–Trinajstić information content (AvgIpc) is 3.14. The fourth-order valence-electron chi connectivity index (χ4n) is 4.06. The summed E-state index contributed by atoms with van der Waals surface area (Å²) in [5, 5.41) is 8.18. The smallest absolute Gasteiger partial charge is 0.169 e. The van der Waals surface area contributed by atoms with Gasteiger partial charge in [-0.3, -0.25) is 4.79 Å². The van der Waals surface area contributed by atoms with E-state index >= 15 is 0 Å². The summed E-state index contributed by atoms with van der Waals surface area (Å²) in [7, 11) is 0. The Bertz CT molecular complexity index is 1130. The van der Waals surface area contributed by atoms with E-state index in [1.54, 1.807) is 0 Å². The van der Waals surface area contributed by atoms with Crippen LogP contribution in [0, 0.1) is 0 Å². The number of fused-ring (bicyclic) bond motifs is 1. The van der Waals surface area contributed by atoms with Crippen LogP contribution < -0.4 is 5.32 Å². The Hall–Kier alpha value is -3.66. The molecule has 3 aromatic carbocycles. The van der Waals surface area contributed by atoms with Crippen molar-refractivity contribution in [2.45, 2.75) is 18.8 Å². The number of benzene rings is 3. The van der Waals surface area contributed by atoms with Crippen molar-refractivity contribution in [3.63, 3.8) is 0 Å². The molecule has 0 spiro atoms. The predicted molar refractivity (Wildman–Crippen MR) is 115 cm³/mol. The van der Waals surface area contributed by atoms with Gasteiger partial charge < -0.3 is 5.32 Å². The molecule has 1 N–H and O–H groups in total. The predicted octanol–water partition coefficient (Wildman–Crippen LogP) is 5.53. The molecule has 29 heavy (non-hydrogen) atoms. The number of carbonyl (C=O) groups is 1. The van der Waals surface area contributed by atoms with E-state index in [4.69, 9.17) is 5.10 Å². The van der Waals surface area contributed by atoms with Crippen LogP contribution in [0.5, 0.6) is 0 Å². The molecular weight excluding hydrogens is 358 g/mol. The van der Waals surface area contributed by atoms with Crippen LogP contribution in [0.25, 0.3) is 5.69 Å². The second-order valence-electron chi connectivity index (χ2n) is 7.35. The molecule has 5 rings (SSSR count). The fraction of sp³-hybridized carbons (Fsp3) is 0.120. The van der Waals surface area contributed by atoms with E-state index in [9.17, 15) is 4.79 Å². The van der Waals surface area contributed by atoms with Crippen LogP contribution in [0.4, 0.5) is 11.5 Å². The highest BCUT2D eigenvalue weighted by atomic mass is 16.1. The van der Waals surface area contributed by atoms with Crippen molar-refractivity contribution in [3.05, 3.63) is 108 Å². The molecule has 1 atom stereocenters. The van der Waals surface area contributed by atoms with Crippen LogP contribution in [0.3, 0.4) is 0 Å². The van der Waals surface area contributed by atoms with E-state index in [0.29, 0.717) is 17.8 Å². The Balaban J connectivity index is 1.61. The number of hydrogen-bond acceptors (Lipinski definition) is 3. The first-order chi connectivity index (χ1) is 14.3. The normalized spacial score (nSPS) is 15.7. The zero-order valence-corrected chi connectivity index (χ0v) is 16.0. The molecule has 0 bridgehead atoms. The molecule has 0 saturated carbocycles. The molecule has 1 aromatic heterocycles. The third-order valence-corrected chi connectivity index (χ3v) is 5.44. The number of ketones is 1. The number of hydrogen-bond donors (Lipinski definition) is 1. The van der Waals surface area contributed by atoms with Crippen molar-refractivity contribution in [2.75, 3.05) is 5.32 Å². The third-order valence-electron chi connectivity index (χ3n) is 5.44. The van der Waals surface area contributed by atoms with Crippen LogP contribution in [0.1, 0.15) is 34.0 Å². The fourth-order valence-corrected chi connectivity index (χ4v) is 4.06. The van der Waals surface area contributed by atoms with Gasteiger partial charge in [0, 0.05) is 12.1 Å². The summed E-state index contributed by atoms with van der Waals surface area (Å²) in [6.45, 7) is 0. The molecule has 1 aliphatic rings. The number of Topliss-reactive ketones (excluding diaryl/α,β-unsaturated/α-hetero) is 1. The van der Waals surface area contributed by atoms with Crippen LogP contribution >= 0.6 is 0 Å². The summed E-state index contributed by atoms with van der Waals surface area (Å²) in [5.41, 5.74) is 4.77. The van der Waals surface area contributed by atoms with Gasteiger partial charge in [0.15, 0.2) is 11.6 Å². The molecule has 0 radical (unpaired) electrons. The van der Waals surface area contributed by atoms with Crippen LogP contribution in [-0.4, -0.2) is 15.6 Å². The van der Waals surface area contributed by atoms with Gasteiger partial charge >= 0.3 is 0 Å². The Morgan fingerprint density at radius 3 is 2.10 bits per heavy atom. The van der Waals surface area contributed by atoms with Gasteiger partial charge in [0.25, 0.3) is 0 Å². The Labute approximate surface area is 169 Å². The summed E-state index contributed by atoms with van der Waals surface area (Å²) in [4.78, 5) is 13.2. The van der Waals surface area contributed by atoms with Gasteiger partial charge in [-0.05, 0) is 42.2 Å². The summed E-state index contributed by atoms with van der Waals surface area (Å²) >= 11 is 0. The quantitative estimate of drug-likeness (QED) is 0.507. The molecular formula is C25H21N3O. The zero-order chi connectivity index (χ0) is 19.6. The van der Waals surface area contributed by atoms with Crippen molar-refractivity contribution in [3.8, 4) is 5.69 Å². The number of rotatable bonds is 4. The minimum atomic E-state index is 0.140.